The van der Waals surface area contributed by atoms with Gasteiger partial charge in [-0.2, -0.15) is 5.26 Å². The molecule has 1 aromatic heterocycles. The van der Waals surface area contributed by atoms with Gasteiger partial charge in [-0.3, -0.25) is 20.2 Å². The van der Waals surface area contributed by atoms with Crippen LogP contribution in [0.3, 0.4) is 0 Å². The van der Waals surface area contributed by atoms with Crippen LogP contribution in [0.1, 0.15) is 5.56 Å². The summed E-state index contributed by atoms with van der Waals surface area (Å²) in [6, 6.07) is 6.88. The van der Waals surface area contributed by atoms with E-state index in [4.69, 9.17) is 5.26 Å². The van der Waals surface area contributed by atoms with Gasteiger partial charge < -0.3 is 0 Å². The first-order chi connectivity index (χ1) is 9.02. The number of thiophene rings is 1. The molecule has 0 aliphatic heterocycles. The normalized spacial score (nSPS) is 9.84. The molecule has 0 saturated carbocycles. The Morgan fingerprint density at radius 2 is 1.89 bits per heavy atom. The van der Waals surface area contributed by atoms with E-state index in [0.29, 0.717) is 10.4 Å². The van der Waals surface area contributed by atoms with Crippen molar-refractivity contribution in [1.82, 2.24) is 0 Å². The van der Waals surface area contributed by atoms with E-state index in [-0.39, 0.29) is 16.9 Å². The number of nitro benzene ring substituents is 2. The average molecular weight is 275 g/mol. The fourth-order valence-electron chi connectivity index (χ4n) is 1.53. The van der Waals surface area contributed by atoms with Crippen LogP contribution in [-0.2, 0) is 0 Å². The molecule has 0 unspecified atom stereocenters. The smallest absolute Gasteiger partial charge is 0.258 e. The van der Waals surface area contributed by atoms with Crippen LogP contribution in [-0.4, -0.2) is 9.85 Å². The number of nitro groups is 2. The van der Waals surface area contributed by atoms with Crippen LogP contribution in [0.15, 0.2) is 29.6 Å². The van der Waals surface area contributed by atoms with Gasteiger partial charge in [0.1, 0.15) is 6.07 Å². The molecule has 8 heteroatoms. The van der Waals surface area contributed by atoms with E-state index >= 15 is 0 Å². The minimum Gasteiger partial charge on any atom is -0.258 e. The fraction of sp³-hybridized carbons (Fsp3) is 0. The minimum absolute atomic E-state index is 0.266. The molecule has 0 radical (unpaired) electrons. The van der Waals surface area contributed by atoms with Crippen molar-refractivity contribution in [2.45, 2.75) is 0 Å². The Bertz CT molecular complexity index is 717. The number of nitrogens with zero attached hydrogens (tertiary/aromatic N) is 3. The summed E-state index contributed by atoms with van der Waals surface area (Å²) in [5.74, 6) is 0. The Morgan fingerprint density at radius 3 is 2.42 bits per heavy atom. The molecule has 0 spiro atoms. The van der Waals surface area contributed by atoms with Crippen molar-refractivity contribution < 1.29 is 9.85 Å². The molecule has 2 rings (SSSR count). The molecule has 0 bridgehead atoms. The van der Waals surface area contributed by atoms with E-state index in [9.17, 15) is 20.2 Å². The Morgan fingerprint density at radius 1 is 1.16 bits per heavy atom. The second-order valence-corrected chi connectivity index (χ2v) is 4.44. The first-order valence-electron chi connectivity index (χ1n) is 4.95. The van der Waals surface area contributed by atoms with Crippen LogP contribution in [0, 0.1) is 31.6 Å². The number of non-ortho nitro benzene ring substituents is 1. The summed E-state index contributed by atoms with van der Waals surface area (Å²) in [5, 5.41) is 31.9. The molecular formula is C11H5N3O4S. The van der Waals surface area contributed by atoms with Gasteiger partial charge in [-0.15, -0.1) is 11.3 Å². The van der Waals surface area contributed by atoms with Gasteiger partial charge in [0, 0.05) is 16.3 Å². The maximum atomic E-state index is 11.0. The van der Waals surface area contributed by atoms with Gasteiger partial charge in [-0.25, -0.2) is 0 Å². The number of rotatable bonds is 3. The molecule has 0 amide bonds. The minimum atomic E-state index is -0.689. The predicted octanol–water partition coefficient (Wildman–Crippen LogP) is 3.10. The SMILES string of the molecule is N#Cc1csc(-c2ccc([N+](=O)[O-])cc2[N+](=O)[O-])c1. The lowest BCUT2D eigenvalue weighted by Gasteiger charge is -2.00. The number of nitriles is 1. The zero-order valence-corrected chi connectivity index (χ0v) is 10.1. The number of hydrogen-bond acceptors (Lipinski definition) is 6. The zero-order valence-electron chi connectivity index (χ0n) is 9.27. The lowest BCUT2D eigenvalue weighted by atomic mass is 10.1. The molecule has 2 aromatic rings. The lowest BCUT2D eigenvalue weighted by molar-refractivity contribution is -0.393. The van der Waals surface area contributed by atoms with Crippen LogP contribution < -0.4 is 0 Å². The van der Waals surface area contributed by atoms with E-state index < -0.39 is 9.85 Å². The lowest BCUT2D eigenvalue weighted by Crippen LogP contribution is -1.94. The molecule has 1 aromatic carbocycles. The molecule has 0 atom stereocenters. The van der Waals surface area contributed by atoms with Crippen molar-refractivity contribution in [2.24, 2.45) is 0 Å². The summed E-state index contributed by atoms with van der Waals surface area (Å²) < 4.78 is 0. The molecule has 0 aliphatic carbocycles. The van der Waals surface area contributed by atoms with Crippen LogP contribution in [0.4, 0.5) is 11.4 Å². The molecular weight excluding hydrogens is 270 g/mol. The highest BCUT2D eigenvalue weighted by molar-refractivity contribution is 7.13. The first kappa shape index (κ1) is 12.7. The van der Waals surface area contributed by atoms with Gasteiger partial charge in [0.15, 0.2) is 0 Å². The third-order valence-electron chi connectivity index (χ3n) is 2.38. The summed E-state index contributed by atoms with van der Waals surface area (Å²) in [6.07, 6.45) is 0. The second-order valence-electron chi connectivity index (χ2n) is 3.53. The van der Waals surface area contributed by atoms with Gasteiger partial charge in [0.2, 0.25) is 0 Å². The molecule has 0 fully saturated rings. The fourth-order valence-corrected chi connectivity index (χ4v) is 2.40. The quantitative estimate of drug-likeness (QED) is 0.631. The van der Waals surface area contributed by atoms with Crippen molar-refractivity contribution in [1.29, 1.82) is 5.26 Å². The van der Waals surface area contributed by atoms with Crippen LogP contribution >= 0.6 is 11.3 Å². The first-order valence-corrected chi connectivity index (χ1v) is 5.82. The molecule has 0 N–H and O–H groups in total. The summed E-state index contributed by atoms with van der Waals surface area (Å²) in [6.45, 7) is 0. The third kappa shape index (κ3) is 2.41. The maximum Gasteiger partial charge on any atom is 0.284 e. The van der Waals surface area contributed by atoms with Crippen molar-refractivity contribution in [3.63, 3.8) is 0 Å². The predicted molar refractivity (Wildman–Crippen MR) is 67.8 cm³/mol. The molecule has 0 saturated heterocycles. The van der Waals surface area contributed by atoms with Gasteiger partial charge in [0.25, 0.3) is 11.4 Å². The number of benzene rings is 1. The Hall–Kier alpha value is -2.79. The van der Waals surface area contributed by atoms with E-state index in [0.717, 1.165) is 6.07 Å². The van der Waals surface area contributed by atoms with E-state index in [1.807, 2.05) is 6.07 Å². The Kier molecular flexibility index (Phi) is 3.22. The molecule has 19 heavy (non-hydrogen) atoms. The second kappa shape index (κ2) is 4.83. The maximum absolute atomic E-state index is 11.0. The van der Waals surface area contributed by atoms with Crippen LogP contribution in [0.25, 0.3) is 10.4 Å². The molecule has 94 valence electrons. The molecule has 0 aliphatic rings. The molecule has 7 nitrogen and oxygen atoms in total. The van der Waals surface area contributed by atoms with Gasteiger partial charge >= 0.3 is 0 Å². The van der Waals surface area contributed by atoms with E-state index in [2.05, 4.69) is 0 Å². The summed E-state index contributed by atoms with van der Waals surface area (Å²) >= 11 is 1.18. The van der Waals surface area contributed by atoms with Crippen molar-refractivity contribution >= 4 is 22.7 Å². The largest absolute Gasteiger partial charge is 0.284 e. The summed E-state index contributed by atoms with van der Waals surface area (Å²) in [4.78, 5) is 20.8. The Labute approximate surface area is 110 Å². The summed E-state index contributed by atoms with van der Waals surface area (Å²) in [5.41, 5.74) is -0.0252. The highest BCUT2D eigenvalue weighted by Crippen LogP contribution is 2.36. The summed E-state index contributed by atoms with van der Waals surface area (Å²) in [7, 11) is 0. The van der Waals surface area contributed by atoms with Gasteiger partial charge in [0.05, 0.1) is 27.0 Å². The monoisotopic (exact) mass is 275 g/mol. The standard InChI is InChI=1S/C11H5N3O4S/c12-5-7-3-11(19-6-7)9-2-1-8(13(15)16)4-10(9)14(17)18/h1-4,6H. The van der Waals surface area contributed by atoms with Crippen molar-refractivity contribution in [2.75, 3.05) is 0 Å². The Balaban J connectivity index is 2.60. The third-order valence-corrected chi connectivity index (χ3v) is 3.35. The van der Waals surface area contributed by atoms with Gasteiger partial charge in [-0.05, 0) is 12.1 Å². The van der Waals surface area contributed by atoms with Crippen molar-refractivity contribution in [3.8, 4) is 16.5 Å². The highest BCUT2D eigenvalue weighted by Gasteiger charge is 2.21. The highest BCUT2D eigenvalue weighted by atomic mass is 32.1. The van der Waals surface area contributed by atoms with Crippen molar-refractivity contribution in [3.05, 3.63) is 55.4 Å². The van der Waals surface area contributed by atoms with E-state index in [1.165, 1.54) is 29.5 Å². The topological polar surface area (TPSA) is 110 Å². The zero-order chi connectivity index (χ0) is 14.0. The van der Waals surface area contributed by atoms with Gasteiger partial charge in [-0.1, -0.05) is 0 Å². The average Bonchev–Trinajstić information content (AvgIpc) is 2.86. The van der Waals surface area contributed by atoms with Crippen LogP contribution in [0.2, 0.25) is 0 Å². The van der Waals surface area contributed by atoms with Crippen LogP contribution in [0.5, 0.6) is 0 Å². The van der Waals surface area contributed by atoms with E-state index in [1.54, 1.807) is 5.38 Å². The molecule has 1 heterocycles. The number of hydrogen-bond donors (Lipinski definition) is 0.